The zero-order chi connectivity index (χ0) is 11.7. The maximum atomic E-state index is 13.5. The van der Waals surface area contributed by atoms with Gasteiger partial charge in [-0.2, -0.15) is 0 Å². The van der Waals surface area contributed by atoms with Gasteiger partial charge in [0.2, 0.25) is 0 Å². The zero-order valence-corrected chi connectivity index (χ0v) is 11.6. The van der Waals surface area contributed by atoms with Crippen LogP contribution in [-0.4, -0.2) is 23.3 Å². The van der Waals surface area contributed by atoms with Crippen molar-refractivity contribution in [2.75, 3.05) is 13.7 Å². The lowest BCUT2D eigenvalue weighted by atomic mass is 10.3. The molecule has 1 N–H and O–H groups in total. The molecule has 0 radical (unpaired) electrons. The number of H-pyrrole nitrogens is 1. The number of rotatable bonds is 3. The number of nitrogens with zero attached hydrogens (tertiary/aromatic N) is 1. The molecule has 86 valence electrons. The number of hydrogen-bond acceptors (Lipinski definition) is 2. The molecular weight excluding hydrogens is 342 g/mol. The quantitative estimate of drug-likeness (QED) is 0.680. The van der Waals surface area contributed by atoms with Gasteiger partial charge in [-0.15, -0.1) is 0 Å². The Morgan fingerprint density at radius 3 is 3.00 bits per heavy atom. The summed E-state index contributed by atoms with van der Waals surface area (Å²) >= 11 is 7.14. The number of halogens is 2. The van der Waals surface area contributed by atoms with E-state index in [1.54, 1.807) is 13.2 Å². The molecule has 0 unspecified atom stereocenters. The highest BCUT2D eigenvalue weighted by atomic mass is 127. The molecule has 0 bridgehead atoms. The fraction of sp³-hybridized carbons (Fsp3) is 0.300. The van der Waals surface area contributed by atoms with Gasteiger partial charge >= 0.3 is 0 Å². The predicted molar refractivity (Wildman–Crippen MR) is 71.7 cm³/mol. The van der Waals surface area contributed by atoms with Gasteiger partial charge in [0.1, 0.15) is 5.82 Å². The normalized spacial score (nSPS) is 11.2. The van der Waals surface area contributed by atoms with Crippen molar-refractivity contribution in [2.45, 2.75) is 6.54 Å². The summed E-state index contributed by atoms with van der Waals surface area (Å²) in [5.74, 6) is -0.228. The van der Waals surface area contributed by atoms with Crippen molar-refractivity contribution < 1.29 is 9.13 Å². The molecule has 0 aliphatic heterocycles. The Hall–Kier alpha value is -0.470. The number of ether oxygens (including phenoxy) is 1. The fourth-order valence-electron chi connectivity index (χ4n) is 1.56. The molecule has 0 saturated carbocycles. The first-order valence-corrected chi connectivity index (χ1v) is 6.18. The molecule has 1 heterocycles. The van der Waals surface area contributed by atoms with Gasteiger partial charge in [-0.05, 0) is 40.9 Å². The molecule has 1 aromatic carbocycles. The minimum Gasteiger partial charge on any atom is -0.383 e. The van der Waals surface area contributed by atoms with E-state index in [4.69, 9.17) is 17.0 Å². The van der Waals surface area contributed by atoms with E-state index in [0.717, 1.165) is 11.0 Å². The predicted octanol–water partition coefficient (Wildman–Crippen LogP) is 3.09. The summed E-state index contributed by atoms with van der Waals surface area (Å²) < 4.78 is 21.5. The lowest BCUT2D eigenvalue weighted by Gasteiger charge is -2.03. The maximum Gasteiger partial charge on any atom is 0.178 e. The van der Waals surface area contributed by atoms with E-state index < -0.39 is 0 Å². The Kier molecular flexibility index (Phi) is 3.60. The Morgan fingerprint density at radius 2 is 2.31 bits per heavy atom. The van der Waals surface area contributed by atoms with Crippen molar-refractivity contribution in [2.24, 2.45) is 0 Å². The van der Waals surface area contributed by atoms with Crippen molar-refractivity contribution >= 4 is 45.8 Å². The Morgan fingerprint density at radius 1 is 1.56 bits per heavy atom. The molecule has 0 amide bonds. The van der Waals surface area contributed by atoms with Crippen LogP contribution in [0.1, 0.15) is 0 Å². The van der Waals surface area contributed by atoms with Crippen LogP contribution in [0.15, 0.2) is 12.1 Å². The molecule has 0 fully saturated rings. The summed E-state index contributed by atoms with van der Waals surface area (Å²) in [4.78, 5) is 3.05. The largest absolute Gasteiger partial charge is 0.383 e. The van der Waals surface area contributed by atoms with Crippen LogP contribution >= 0.6 is 34.8 Å². The van der Waals surface area contributed by atoms with Gasteiger partial charge in [-0.25, -0.2) is 4.39 Å². The van der Waals surface area contributed by atoms with E-state index in [0.29, 0.717) is 21.5 Å². The van der Waals surface area contributed by atoms with Gasteiger partial charge < -0.3 is 14.3 Å². The summed E-state index contributed by atoms with van der Waals surface area (Å²) in [6, 6.07) is 3.25. The number of hydrogen-bond donors (Lipinski definition) is 1. The average molecular weight is 352 g/mol. The zero-order valence-electron chi connectivity index (χ0n) is 8.59. The van der Waals surface area contributed by atoms with Crippen molar-refractivity contribution in [3.05, 3.63) is 26.3 Å². The van der Waals surface area contributed by atoms with E-state index in [1.165, 1.54) is 6.07 Å². The first kappa shape index (κ1) is 12.0. The molecule has 0 spiro atoms. The molecule has 2 aromatic rings. The topological polar surface area (TPSA) is 29.9 Å². The highest BCUT2D eigenvalue weighted by Gasteiger charge is 2.08. The third-order valence-electron chi connectivity index (χ3n) is 2.34. The summed E-state index contributed by atoms with van der Waals surface area (Å²) in [6.45, 7) is 1.17. The minimum absolute atomic E-state index is 0.228. The summed E-state index contributed by atoms with van der Waals surface area (Å²) in [6.07, 6.45) is 0. The summed E-state index contributed by atoms with van der Waals surface area (Å²) in [5, 5.41) is 0. The number of methoxy groups -OCH3 is 1. The van der Waals surface area contributed by atoms with Crippen molar-refractivity contribution in [1.29, 1.82) is 0 Å². The molecule has 0 aliphatic rings. The standard InChI is InChI=1S/C10H10FIN2OS/c1-15-3-2-14-9-4-6(11)7(12)5-8(9)13-10(14)16/h4-5H,2-3H2,1H3,(H,13,16). The third-order valence-corrected chi connectivity index (χ3v) is 3.48. The molecule has 0 atom stereocenters. The van der Waals surface area contributed by atoms with Gasteiger partial charge in [0, 0.05) is 19.7 Å². The van der Waals surface area contributed by atoms with E-state index in [9.17, 15) is 4.39 Å². The lowest BCUT2D eigenvalue weighted by molar-refractivity contribution is 0.188. The van der Waals surface area contributed by atoms with Crippen molar-refractivity contribution in [3.63, 3.8) is 0 Å². The molecule has 6 heteroatoms. The van der Waals surface area contributed by atoms with Gasteiger partial charge in [-0.3, -0.25) is 0 Å². The SMILES string of the molecule is COCCn1c(=S)[nH]c2cc(I)c(F)cc21. The fourth-order valence-corrected chi connectivity index (χ4v) is 2.32. The molecular formula is C10H10FIN2OS. The number of fused-ring (bicyclic) bond motifs is 1. The van der Waals surface area contributed by atoms with Crippen LogP contribution in [0, 0.1) is 14.2 Å². The highest BCUT2D eigenvalue weighted by Crippen LogP contribution is 2.20. The molecule has 0 aliphatic carbocycles. The first-order chi connectivity index (χ1) is 7.63. The molecule has 3 nitrogen and oxygen atoms in total. The number of aromatic nitrogens is 2. The number of aromatic amines is 1. The van der Waals surface area contributed by atoms with Gasteiger partial charge in [0.25, 0.3) is 0 Å². The molecule has 1 aromatic heterocycles. The van der Waals surface area contributed by atoms with Crippen molar-refractivity contribution in [3.8, 4) is 0 Å². The first-order valence-electron chi connectivity index (χ1n) is 4.70. The lowest BCUT2D eigenvalue weighted by Crippen LogP contribution is -2.04. The third kappa shape index (κ3) is 2.14. The number of imidazole rings is 1. The van der Waals surface area contributed by atoms with Crippen LogP contribution in [0.3, 0.4) is 0 Å². The number of nitrogens with one attached hydrogen (secondary N) is 1. The molecule has 2 rings (SSSR count). The van der Waals surface area contributed by atoms with Crippen LogP contribution in [0.25, 0.3) is 11.0 Å². The van der Waals surface area contributed by atoms with E-state index in [2.05, 4.69) is 4.98 Å². The van der Waals surface area contributed by atoms with Gasteiger partial charge in [0.05, 0.1) is 21.2 Å². The van der Waals surface area contributed by atoms with Gasteiger partial charge in [-0.1, -0.05) is 0 Å². The second-order valence-electron chi connectivity index (χ2n) is 3.36. The Labute approximate surface area is 111 Å². The number of benzene rings is 1. The van der Waals surface area contributed by atoms with Crippen LogP contribution in [0.5, 0.6) is 0 Å². The Bertz CT molecular complexity index is 578. The molecule has 0 saturated heterocycles. The van der Waals surface area contributed by atoms with Crippen LogP contribution in [0.2, 0.25) is 0 Å². The Balaban J connectivity index is 2.60. The smallest absolute Gasteiger partial charge is 0.178 e. The van der Waals surface area contributed by atoms with E-state index >= 15 is 0 Å². The van der Waals surface area contributed by atoms with Crippen molar-refractivity contribution in [1.82, 2.24) is 9.55 Å². The summed E-state index contributed by atoms with van der Waals surface area (Å²) in [5.41, 5.74) is 1.63. The summed E-state index contributed by atoms with van der Waals surface area (Å²) in [7, 11) is 1.63. The second kappa shape index (κ2) is 4.80. The van der Waals surface area contributed by atoms with Crippen LogP contribution in [0.4, 0.5) is 4.39 Å². The minimum atomic E-state index is -0.228. The maximum absolute atomic E-state index is 13.5. The monoisotopic (exact) mass is 352 g/mol. The average Bonchev–Trinajstić information content (AvgIpc) is 2.52. The highest BCUT2D eigenvalue weighted by molar-refractivity contribution is 14.1. The van der Waals surface area contributed by atoms with Gasteiger partial charge in [0.15, 0.2) is 4.77 Å². The van der Waals surface area contributed by atoms with Crippen LogP contribution < -0.4 is 0 Å². The molecule has 16 heavy (non-hydrogen) atoms. The second-order valence-corrected chi connectivity index (χ2v) is 4.91. The van der Waals surface area contributed by atoms with E-state index in [1.807, 2.05) is 27.2 Å². The van der Waals surface area contributed by atoms with E-state index in [-0.39, 0.29) is 5.82 Å². The van der Waals surface area contributed by atoms with Crippen LogP contribution in [-0.2, 0) is 11.3 Å².